The van der Waals surface area contributed by atoms with E-state index in [1.54, 1.807) is 42.5 Å². The zero-order chi connectivity index (χ0) is 21.0. The molecule has 150 valence electrons. The molecule has 0 radical (unpaired) electrons. The fraction of sp³-hybridized carbons (Fsp3) is 0.250. The van der Waals surface area contributed by atoms with E-state index in [2.05, 4.69) is 0 Å². The Kier molecular flexibility index (Phi) is 4.17. The van der Waals surface area contributed by atoms with Crippen LogP contribution in [0.25, 0.3) is 0 Å². The molecule has 1 aliphatic heterocycles. The molecule has 1 saturated heterocycles. The van der Waals surface area contributed by atoms with E-state index in [4.69, 9.17) is 4.74 Å². The van der Waals surface area contributed by atoms with Crippen molar-refractivity contribution in [3.63, 3.8) is 0 Å². The molecule has 0 aromatic heterocycles. The van der Waals surface area contributed by atoms with Crippen LogP contribution in [0.3, 0.4) is 0 Å². The number of hydrogen-bond acceptors (Lipinski definition) is 5. The molecule has 2 bridgehead atoms. The number of carbonyl (C=O) groups is 4. The number of hydrogen-bond donors (Lipinski definition) is 0. The third-order valence-corrected chi connectivity index (χ3v) is 6.28. The van der Waals surface area contributed by atoms with Gasteiger partial charge in [-0.1, -0.05) is 18.2 Å². The summed E-state index contributed by atoms with van der Waals surface area (Å²) in [6.45, 7) is 1.46. The molecule has 0 spiro atoms. The van der Waals surface area contributed by atoms with E-state index in [0.29, 0.717) is 17.0 Å². The van der Waals surface area contributed by atoms with Gasteiger partial charge in [0.05, 0.1) is 23.1 Å². The number of ether oxygens (including phenoxy) is 1. The van der Waals surface area contributed by atoms with Gasteiger partial charge in [-0.3, -0.25) is 14.4 Å². The third kappa shape index (κ3) is 2.79. The van der Waals surface area contributed by atoms with E-state index in [9.17, 15) is 19.2 Å². The second kappa shape index (κ2) is 6.76. The van der Waals surface area contributed by atoms with Gasteiger partial charge in [0.1, 0.15) is 5.75 Å². The van der Waals surface area contributed by atoms with Gasteiger partial charge >= 0.3 is 5.97 Å². The topological polar surface area (TPSA) is 80.8 Å². The van der Waals surface area contributed by atoms with Gasteiger partial charge in [-0.05, 0) is 67.6 Å². The Labute approximate surface area is 173 Å². The smallest absolute Gasteiger partial charge is 0.343 e. The Morgan fingerprint density at radius 2 is 1.53 bits per heavy atom. The minimum atomic E-state index is -0.603. The van der Waals surface area contributed by atoms with Crippen LogP contribution in [0.15, 0.2) is 60.7 Å². The molecular formula is C24H19NO5. The van der Waals surface area contributed by atoms with Gasteiger partial charge in [-0.2, -0.15) is 0 Å². The summed E-state index contributed by atoms with van der Waals surface area (Å²) in [5.74, 6) is -1.06. The minimum absolute atomic E-state index is 0.0751. The molecule has 6 nitrogen and oxygen atoms in total. The highest BCUT2D eigenvalue weighted by molar-refractivity contribution is 6.23. The van der Waals surface area contributed by atoms with Crippen LogP contribution in [0, 0.1) is 23.7 Å². The van der Waals surface area contributed by atoms with E-state index in [0.717, 1.165) is 6.42 Å². The number of carbonyl (C=O) groups excluding carboxylic acids is 4. The normalized spacial score (nSPS) is 26.2. The molecule has 2 aromatic rings. The second-order valence-corrected chi connectivity index (χ2v) is 8.03. The Bertz CT molecular complexity index is 1090. The molecule has 0 N–H and O–H groups in total. The quantitative estimate of drug-likeness (QED) is 0.258. The Morgan fingerprint density at radius 1 is 0.900 bits per heavy atom. The van der Waals surface area contributed by atoms with E-state index in [-0.39, 0.29) is 46.8 Å². The zero-order valence-corrected chi connectivity index (χ0v) is 16.3. The summed E-state index contributed by atoms with van der Waals surface area (Å²) in [5.41, 5.74) is 1.15. The summed E-state index contributed by atoms with van der Waals surface area (Å²) in [6, 6.07) is 12.7. The predicted octanol–water partition coefficient (Wildman–Crippen LogP) is 3.42. The maximum absolute atomic E-state index is 13.0. The van der Waals surface area contributed by atoms with Crippen molar-refractivity contribution in [2.24, 2.45) is 23.7 Å². The van der Waals surface area contributed by atoms with Crippen molar-refractivity contribution in [2.45, 2.75) is 13.3 Å². The lowest BCUT2D eigenvalue weighted by Crippen LogP contribution is -2.33. The number of ketones is 1. The van der Waals surface area contributed by atoms with Crippen molar-refractivity contribution in [2.75, 3.05) is 4.90 Å². The molecule has 2 aliphatic carbocycles. The summed E-state index contributed by atoms with van der Waals surface area (Å²) in [4.78, 5) is 51.1. The summed E-state index contributed by atoms with van der Waals surface area (Å²) < 4.78 is 5.38. The predicted molar refractivity (Wildman–Crippen MR) is 108 cm³/mol. The highest BCUT2D eigenvalue weighted by Crippen LogP contribution is 2.53. The number of amides is 2. The van der Waals surface area contributed by atoms with Gasteiger partial charge in [0, 0.05) is 5.56 Å². The molecule has 1 saturated carbocycles. The minimum Gasteiger partial charge on any atom is -0.423 e. The number of Topliss-reactive ketones (excluding diaryl/α,β-unsaturated/α-hetero) is 1. The van der Waals surface area contributed by atoms with E-state index < -0.39 is 5.97 Å². The van der Waals surface area contributed by atoms with Crippen molar-refractivity contribution < 1.29 is 23.9 Å². The molecule has 2 fully saturated rings. The molecule has 2 amide bonds. The van der Waals surface area contributed by atoms with Crippen LogP contribution in [0.1, 0.15) is 34.1 Å². The first-order chi connectivity index (χ1) is 14.4. The van der Waals surface area contributed by atoms with Gasteiger partial charge in [-0.25, -0.2) is 9.69 Å². The van der Waals surface area contributed by atoms with Crippen molar-refractivity contribution in [3.05, 3.63) is 71.8 Å². The summed E-state index contributed by atoms with van der Waals surface area (Å²) in [5, 5.41) is 0. The maximum Gasteiger partial charge on any atom is 0.343 e. The summed E-state index contributed by atoms with van der Waals surface area (Å²) >= 11 is 0. The van der Waals surface area contributed by atoms with Gasteiger partial charge in [0.15, 0.2) is 5.78 Å². The lowest BCUT2D eigenvalue weighted by atomic mass is 9.85. The molecule has 3 aliphatic rings. The van der Waals surface area contributed by atoms with Crippen LogP contribution in [-0.2, 0) is 9.59 Å². The van der Waals surface area contributed by atoms with E-state index >= 15 is 0 Å². The van der Waals surface area contributed by atoms with Crippen LogP contribution in [0.5, 0.6) is 5.75 Å². The SMILES string of the molecule is CC(=O)c1ccc(OC(=O)c2cccc(N3C(=O)[C@H]4[C@H](C3=O)[C@H]3C=C[C@H]4C3)c2)cc1. The van der Waals surface area contributed by atoms with Gasteiger partial charge in [-0.15, -0.1) is 0 Å². The van der Waals surface area contributed by atoms with Crippen molar-refractivity contribution in [1.29, 1.82) is 0 Å². The molecule has 1 heterocycles. The van der Waals surface area contributed by atoms with Crippen molar-refractivity contribution in [1.82, 2.24) is 0 Å². The fourth-order valence-corrected chi connectivity index (χ4v) is 4.85. The number of benzene rings is 2. The van der Waals surface area contributed by atoms with Crippen molar-refractivity contribution >= 4 is 29.3 Å². The number of fused-ring (bicyclic) bond motifs is 5. The lowest BCUT2D eigenvalue weighted by molar-refractivity contribution is -0.123. The largest absolute Gasteiger partial charge is 0.423 e. The van der Waals surface area contributed by atoms with Crippen LogP contribution in [0.4, 0.5) is 5.69 Å². The third-order valence-electron chi connectivity index (χ3n) is 6.28. The maximum atomic E-state index is 13.0. The molecule has 0 unspecified atom stereocenters. The van der Waals surface area contributed by atoms with E-state index in [1.807, 2.05) is 12.2 Å². The number of nitrogens with zero attached hydrogens (tertiary/aromatic N) is 1. The lowest BCUT2D eigenvalue weighted by Gasteiger charge is -2.18. The highest BCUT2D eigenvalue weighted by atomic mass is 16.5. The van der Waals surface area contributed by atoms with Gasteiger partial charge in [0.25, 0.3) is 0 Å². The number of esters is 1. The molecule has 4 atom stereocenters. The van der Waals surface area contributed by atoms with Gasteiger partial charge in [0.2, 0.25) is 11.8 Å². The molecular weight excluding hydrogens is 382 g/mol. The number of imide groups is 1. The first-order valence-electron chi connectivity index (χ1n) is 9.93. The Hall–Kier alpha value is -3.54. The standard InChI is InChI=1S/C24H19NO5/c1-13(26)14-7-9-19(10-8-14)30-24(29)17-3-2-4-18(12-17)25-22(27)20-15-5-6-16(11-15)21(20)23(25)28/h2-10,12,15-16,20-21H,11H2,1H3/t15-,16-,20+,21+/m0/s1. The van der Waals surface area contributed by atoms with Crippen molar-refractivity contribution in [3.8, 4) is 5.75 Å². The molecule has 30 heavy (non-hydrogen) atoms. The zero-order valence-electron chi connectivity index (χ0n) is 16.3. The Balaban J connectivity index is 1.37. The van der Waals surface area contributed by atoms with Crippen LogP contribution in [0.2, 0.25) is 0 Å². The monoisotopic (exact) mass is 401 g/mol. The van der Waals surface area contributed by atoms with Crippen LogP contribution in [-0.4, -0.2) is 23.6 Å². The summed E-state index contributed by atoms with van der Waals surface area (Å²) in [6.07, 6.45) is 4.97. The molecule has 2 aromatic carbocycles. The molecule has 5 rings (SSSR count). The average molecular weight is 401 g/mol. The number of rotatable bonds is 4. The number of allylic oxidation sites excluding steroid dienone is 2. The molecule has 6 heteroatoms. The average Bonchev–Trinajstić information content (AvgIpc) is 3.42. The van der Waals surface area contributed by atoms with Crippen LogP contribution >= 0.6 is 0 Å². The second-order valence-electron chi connectivity index (χ2n) is 8.03. The Morgan fingerprint density at radius 3 is 2.13 bits per heavy atom. The first kappa shape index (κ1) is 18.5. The van der Waals surface area contributed by atoms with Crippen LogP contribution < -0.4 is 9.64 Å². The van der Waals surface area contributed by atoms with Gasteiger partial charge < -0.3 is 4.74 Å². The first-order valence-corrected chi connectivity index (χ1v) is 9.93. The highest BCUT2D eigenvalue weighted by Gasteiger charge is 2.59. The summed E-state index contributed by atoms with van der Waals surface area (Å²) in [7, 11) is 0. The van der Waals surface area contributed by atoms with E-state index in [1.165, 1.54) is 17.9 Å². The number of anilines is 1. The fourth-order valence-electron chi connectivity index (χ4n) is 4.85.